The number of aromatic nitrogens is 2. The van der Waals surface area contributed by atoms with Gasteiger partial charge in [-0.1, -0.05) is 24.3 Å². The zero-order valence-electron chi connectivity index (χ0n) is 12.5. The van der Waals surface area contributed by atoms with E-state index in [2.05, 4.69) is 15.1 Å². The monoisotopic (exact) mass is 305 g/mol. The molecule has 1 fully saturated rings. The summed E-state index contributed by atoms with van der Waals surface area (Å²) in [4.78, 5) is 15.4. The topological polar surface area (TPSA) is 58.2 Å². The Morgan fingerprint density at radius 2 is 1.83 bits per heavy atom. The lowest BCUT2D eigenvalue weighted by molar-refractivity contribution is 0.103. The second-order valence-corrected chi connectivity index (χ2v) is 5.93. The van der Waals surface area contributed by atoms with Crippen molar-refractivity contribution in [2.75, 3.05) is 31.2 Å². The number of carbonyl (C=O) groups excluding carboxylic acids is 1. The first-order valence-electron chi connectivity index (χ1n) is 7.82. The first kappa shape index (κ1) is 12.8. The Labute approximate surface area is 132 Å². The van der Waals surface area contributed by atoms with Crippen LogP contribution >= 0.6 is 0 Å². The Morgan fingerprint density at radius 3 is 2.70 bits per heavy atom. The molecule has 1 aliphatic heterocycles. The number of nitrogens with one attached hydrogen (secondary N) is 1. The molecule has 0 unspecified atom stereocenters. The van der Waals surface area contributed by atoms with Gasteiger partial charge in [0.1, 0.15) is 5.69 Å². The summed E-state index contributed by atoms with van der Waals surface area (Å²) in [6, 6.07) is 11.8. The molecule has 2 heterocycles. The van der Waals surface area contributed by atoms with Gasteiger partial charge < -0.3 is 9.64 Å². The summed E-state index contributed by atoms with van der Waals surface area (Å²) >= 11 is 0. The Kier molecular flexibility index (Phi) is 2.60. The van der Waals surface area contributed by atoms with E-state index in [0.717, 1.165) is 52.1 Å². The maximum absolute atomic E-state index is 13.2. The average Bonchev–Trinajstić information content (AvgIpc) is 3.05. The second-order valence-electron chi connectivity index (χ2n) is 5.93. The largest absolute Gasteiger partial charge is 0.378 e. The molecule has 1 aromatic heterocycles. The van der Waals surface area contributed by atoms with Crippen LogP contribution in [0.1, 0.15) is 15.9 Å². The lowest BCUT2D eigenvalue weighted by Gasteiger charge is -2.31. The second kappa shape index (κ2) is 4.67. The predicted molar refractivity (Wildman–Crippen MR) is 88.0 cm³/mol. The number of carbonyl (C=O) groups is 1. The van der Waals surface area contributed by atoms with Crippen LogP contribution in [0.15, 0.2) is 36.4 Å². The standard InChI is InChI=1S/C18H15N3O2/c22-18-12-4-1-5-13-15(12)17(20-19-13)11-3-2-6-14(16(11)18)21-7-9-23-10-8-21/h1-6H,7-10H2,(H,19,20). The van der Waals surface area contributed by atoms with Crippen molar-refractivity contribution < 1.29 is 9.53 Å². The van der Waals surface area contributed by atoms with E-state index in [0.29, 0.717) is 13.2 Å². The molecule has 0 atom stereocenters. The summed E-state index contributed by atoms with van der Waals surface area (Å²) in [5.74, 6) is 0.0848. The van der Waals surface area contributed by atoms with Gasteiger partial charge in [0.2, 0.25) is 0 Å². The van der Waals surface area contributed by atoms with Gasteiger partial charge in [-0.2, -0.15) is 5.10 Å². The first-order valence-corrected chi connectivity index (χ1v) is 7.82. The van der Waals surface area contributed by atoms with Gasteiger partial charge in [-0.3, -0.25) is 9.89 Å². The molecule has 0 spiro atoms. The minimum absolute atomic E-state index is 0.0848. The maximum Gasteiger partial charge on any atom is 0.196 e. The molecule has 2 aromatic carbocycles. The third kappa shape index (κ3) is 1.71. The number of fused-ring (bicyclic) bond motifs is 2. The molecule has 1 aliphatic carbocycles. The van der Waals surface area contributed by atoms with Crippen molar-refractivity contribution in [3.63, 3.8) is 0 Å². The lowest BCUT2D eigenvalue weighted by Crippen LogP contribution is -2.37. The van der Waals surface area contributed by atoms with Gasteiger partial charge in [0, 0.05) is 35.3 Å². The van der Waals surface area contributed by atoms with Gasteiger partial charge in [0.25, 0.3) is 0 Å². The van der Waals surface area contributed by atoms with Crippen LogP contribution in [0.3, 0.4) is 0 Å². The van der Waals surface area contributed by atoms with Crippen LogP contribution in [0.25, 0.3) is 22.2 Å². The summed E-state index contributed by atoms with van der Waals surface area (Å²) < 4.78 is 5.44. The highest BCUT2D eigenvalue weighted by molar-refractivity contribution is 6.27. The van der Waals surface area contributed by atoms with Crippen molar-refractivity contribution in [1.29, 1.82) is 0 Å². The average molecular weight is 305 g/mol. The van der Waals surface area contributed by atoms with E-state index in [4.69, 9.17) is 4.74 Å². The molecule has 0 amide bonds. The molecule has 3 aromatic rings. The predicted octanol–water partition coefficient (Wildman–Crippen LogP) is 2.61. The number of rotatable bonds is 1. The smallest absolute Gasteiger partial charge is 0.196 e. The number of morpholine rings is 1. The molecule has 0 radical (unpaired) electrons. The van der Waals surface area contributed by atoms with Crippen LogP contribution in [0.2, 0.25) is 0 Å². The third-order valence-electron chi connectivity index (χ3n) is 4.71. The van der Waals surface area contributed by atoms with Crippen molar-refractivity contribution in [2.45, 2.75) is 0 Å². The number of benzene rings is 2. The fourth-order valence-corrected chi connectivity index (χ4v) is 3.64. The molecule has 0 saturated carbocycles. The lowest BCUT2D eigenvalue weighted by atomic mass is 9.86. The van der Waals surface area contributed by atoms with Crippen molar-refractivity contribution in [3.8, 4) is 11.3 Å². The van der Waals surface area contributed by atoms with Crippen molar-refractivity contribution >= 4 is 22.4 Å². The highest BCUT2D eigenvalue weighted by Gasteiger charge is 2.31. The SMILES string of the molecule is O=C1c2c(cccc2N2CCOCC2)-c2n[nH]c3cccc1c23. The fraction of sp³-hybridized carbons (Fsp3) is 0.222. The van der Waals surface area contributed by atoms with Gasteiger partial charge in [0.15, 0.2) is 5.78 Å². The Bertz CT molecular complexity index is 939. The molecule has 114 valence electrons. The highest BCUT2D eigenvalue weighted by Crippen LogP contribution is 2.41. The van der Waals surface area contributed by atoms with Crippen LogP contribution in [0.4, 0.5) is 5.69 Å². The van der Waals surface area contributed by atoms with Crippen LogP contribution in [-0.2, 0) is 4.74 Å². The quantitative estimate of drug-likeness (QED) is 0.587. The van der Waals surface area contributed by atoms with Crippen LogP contribution in [0.5, 0.6) is 0 Å². The molecular formula is C18H15N3O2. The minimum Gasteiger partial charge on any atom is -0.378 e. The van der Waals surface area contributed by atoms with E-state index < -0.39 is 0 Å². The first-order chi connectivity index (χ1) is 11.3. The summed E-state index contributed by atoms with van der Waals surface area (Å²) in [6.45, 7) is 3.00. The van der Waals surface area contributed by atoms with Gasteiger partial charge in [-0.15, -0.1) is 0 Å². The molecule has 1 N–H and O–H groups in total. The normalized spacial score (nSPS) is 16.7. The number of H-pyrrole nitrogens is 1. The Morgan fingerprint density at radius 1 is 1.04 bits per heavy atom. The molecule has 5 rings (SSSR count). The van der Waals surface area contributed by atoms with E-state index in [1.807, 2.05) is 36.4 Å². The number of hydrogen-bond donors (Lipinski definition) is 1. The molecule has 5 heteroatoms. The number of hydrogen-bond acceptors (Lipinski definition) is 4. The summed E-state index contributed by atoms with van der Waals surface area (Å²) in [5.41, 5.74) is 5.19. The van der Waals surface area contributed by atoms with Gasteiger partial charge in [-0.05, 0) is 12.1 Å². The molecular weight excluding hydrogens is 290 g/mol. The number of ether oxygens (including phenoxy) is 1. The van der Waals surface area contributed by atoms with E-state index in [9.17, 15) is 4.79 Å². The summed E-state index contributed by atoms with van der Waals surface area (Å²) in [6.07, 6.45) is 0. The van der Waals surface area contributed by atoms with Gasteiger partial charge >= 0.3 is 0 Å². The zero-order chi connectivity index (χ0) is 15.4. The number of ketones is 1. The molecule has 5 nitrogen and oxygen atoms in total. The fourth-order valence-electron chi connectivity index (χ4n) is 3.64. The van der Waals surface area contributed by atoms with E-state index in [1.54, 1.807) is 0 Å². The van der Waals surface area contributed by atoms with Crippen molar-refractivity contribution in [2.24, 2.45) is 0 Å². The number of nitrogens with zero attached hydrogens (tertiary/aromatic N) is 2. The van der Waals surface area contributed by atoms with Crippen LogP contribution < -0.4 is 4.90 Å². The highest BCUT2D eigenvalue weighted by atomic mass is 16.5. The van der Waals surface area contributed by atoms with Crippen LogP contribution in [0, 0.1) is 0 Å². The molecule has 23 heavy (non-hydrogen) atoms. The summed E-state index contributed by atoms with van der Waals surface area (Å²) in [5, 5.41) is 8.45. The van der Waals surface area contributed by atoms with Gasteiger partial charge in [0.05, 0.1) is 24.3 Å². The molecule has 1 saturated heterocycles. The number of anilines is 1. The van der Waals surface area contributed by atoms with E-state index in [-0.39, 0.29) is 5.78 Å². The zero-order valence-corrected chi connectivity index (χ0v) is 12.5. The van der Waals surface area contributed by atoms with Crippen molar-refractivity contribution in [1.82, 2.24) is 10.2 Å². The molecule has 0 bridgehead atoms. The molecule has 2 aliphatic rings. The van der Waals surface area contributed by atoms with Crippen molar-refractivity contribution in [3.05, 3.63) is 47.5 Å². The Balaban J connectivity index is 1.79. The van der Waals surface area contributed by atoms with Gasteiger partial charge in [-0.25, -0.2) is 0 Å². The summed E-state index contributed by atoms with van der Waals surface area (Å²) in [7, 11) is 0. The van der Waals surface area contributed by atoms with E-state index >= 15 is 0 Å². The Hall–Kier alpha value is -2.66. The van der Waals surface area contributed by atoms with Crippen LogP contribution in [-0.4, -0.2) is 42.3 Å². The van der Waals surface area contributed by atoms with E-state index in [1.165, 1.54) is 0 Å². The minimum atomic E-state index is 0.0848. The third-order valence-corrected chi connectivity index (χ3v) is 4.71. The number of aromatic amines is 1. The maximum atomic E-state index is 13.2.